The van der Waals surface area contributed by atoms with Crippen LogP contribution in [0.2, 0.25) is 0 Å². The number of benzene rings is 1. The molecule has 1 aliphatic rings. The van der Waals surface area contributed by atoms with Crippen molar-refractivity contribution in [2.24, 2.45) is 0 Å². The van der Waals surface area contributed by atoms with E-state index in [4.69, 9.17) is 9.29 Å². The van der Waals surface area contributed by atoms with Crippen LogP contribution in [0, 0.1) is 5.82 Å². The van der Waals surface area contributed by atoms with Crippen LogP contribution in [0.3, 0.4) is 0 Å². The Hall–Kier alpha value is -1.39. The van der Waals surface area contributed by atoms with E-state index < -0.39 is 22.6 Å². The fourth-order valence-electron chi connectivity index (χ4n) is 2.75. The monoisotopic (exact) mass is 359 g/mol. The SMILES string of the molecule is CNC(=O)CNC1(c2ccc(CNS(=O)O)c(F)c2)CCOCC1. The van der Waals surface area contributed by atoms with Crippen molar-refractivity contribution in [2.75, 3.05) is 26.8 Å². The molecule has 1 saturated heterocycles. The molecule has 0 bridgehead atoms. The molecular weight excluding hydrogens is 337 g/mol. The number of rotatable bonds is 7. The van der Waals surface area contributed by atoms with E-state index in [1.807, 2.05) is 0 Å². The largest absolute Gasteiger partial charge is 0.381 e. The number of ether oxygens (including phenoxy) is 1. The van der Waals surface area contributed by atoms with Crippen LogP contribution >= 0.6 is 0 Å². The van der Waals surface area contributed by atoms with Crippen molar-refractivity contribution in [3.63, 3.8) is 0 Å². The molecule has 0 radical (unpaired) electrons. The Morgan fingerprint density at radius 2 is 2.12 bits per heavy atom. The van der Waals surface area contributed by atoms with Crippen molar-refractivity contribution in [2.45, 2.75) is 24.9 Å². The molecule has 1 heterocycles. The second kappa shape index (κ2) is 8.63. The van der Waals surface area contributed by atoms with Gasteiger partial charge in [0.15, 0.2) is 0 Å². The Morgan fingerprint density at radius 1 is 1.42 bits per heavy atom. The van der Waals surface area contributed by atoms with Crippen LogP contribution in [0.1, 0.15) is 24.0 Å². The summed E-state index contributed by atoms with van der Waals surface area (Å²) in [6.07, 6.45) is 1.25. The van der Waals surface area contributed by atoms with Crippen LogP contribution in [-0.2, 0) is 32.9 Å². The molecule has 7 nitrogen and oxygen atoms in total. The van der Waals surface area contributed by atoms with Crippen LogP contribution in [0.15, 0.2) is 18.2 Å². The summed E-state index contributed by atoms with van der Waals surface area (Å²) in [6.45, 7) is 1.13. The van der Waals surface area contributed by atoms with E-state index >= 15 is 0 Å². The van der Waals surface area contributed by atoms with Gasteiger partial charge in [-0.1, -0.05) is 12.1 Å². The molecule has 1 fully saturated rings. The summed E-state index contributed by atoms with van der Waals surface area (Å²) >= 11 is -2.19. The van der Waals surface area contributed by atoms with Crippen molar-refractivity contribution in [1.82, 2.24) is 15.4 Å². The van der Waals surface area contributed by atoms with Gasteiger partial charge in [0.05, 0.1) is 6.54 Å². The maximum Gasteiger partial charge on any atom is 0.233 e. The van der Waals surface area contributed by atoms with Gasteiger partial charge in [-0.25, -0.2) is 13.3 Å². The fourth-order valence-corrected chi connectivity index (χ4v) is 3.03. The molecule has 0 saturated carbocycles. The quantitative estimate of drug-likeness (QED) is 0.528. The highest BCUT2D eigenvalue weighted by atomic mass is 32.2. The number of carbonyl (C=O) groups excluding carboxylic acids is 1. The van der Waals surface area contributed by atoms with Crippen molar-refractivity contribution in [1.29, 1.82) is 0 Å². The van der Waals surface area contributed by atoms with Gasteiger partial charge in [0.2, 0.25) is 17.2 Å². The first kappa shape index (κ1) is 18.9. The van der Waals surface area contributed by atoms with Crippen molar-refractivity contribution < 1.29 is 22.7 Å². The van der Waals surface area contributed by atoms with Crippen LogP contribution in [0.5, 0.6) is 0 Å². The highest BCUT2D eigenvalue weighted by molar-refractivity contribution is 7.77. The van der Waals surface area contributed by atoms with Gasteiger partial charge in [0, 0.05) is 37.9 Å². The van der Waals surface area contributed by atoms with E-state index in [1.54, 1.807) is 19.2 Å². The average molecular weight is 359 g/mol. The van der Waals surface area contributed by atoms with Crippen LogP contribution in [0.25, 0.3) is 0 Å². The van der Waals surface area contributed by atoms with E-state index in [0.29, 0.717) is 31.6 Å². The number of amides is 1. The fraction of sp³-hybridized carbons (Fsp3) is 0.533. The average Bonchev–Trinajstić information content (AvgIpc) is 2.59. The Morgan fingerprint density at radius 3 is 2.71 bits per heavy atom. The number of hydrogen-bond acceptors (Lipinski definition) is 4. The molecular formula is C15H22FN3O4S. The van der Waals surface area contributed by atoms with Gasteiger partial charge in [0.25, 0.3) is 0 Å². The van der Waals surface area contributed by atoms with Crippen molar-refractivity contribution >= 4 is 17.2 Å². The Balaban J connectivity index is 2.21. The van der Waals surface area contributed by atoms with Gasteiger partial charge in [-0.2, -0.15) is 0 Å². The zero-order chi connectivity index (χ0) is 17.6. The minimum absolute atomic E-state index is 0.0446. The molecule has 9 heteroatoms. The van der Waals surface area contributed by atoms with Gasteiger partial charge in [-0.3, -0.25) is 14.7 Å². The molecule has 0 aliphatic carbocycles. The van der Waals surface area contributed by atoms with Crippen LogP contribution in [-0.4, -0.2) is 41.5 Å². The van der Waals surface area contributed by atoms with Gasteiger partial charge >= 0.3 is 0 Å². The molecule has 1 atom stereocenters. The lowest BCUT2D eigenvalue weighted by atomic mass is 9.82. The molecule has 1 aromatic rings. The van der Waals surface area contributed by atoms with Gasteiger partial charge in [0.1, 0.15) is 5.82 Å². The lowest BCUT2D eigenvalue weighted by molar-refractivity contribution is -0.120. The summed E-state index contributed by atoms with van der Waals surface area (Å²) in [5, 5.41) is 5.79. The highest BCUT2D eigenvalue weighted by Crippen LogP contribution is 2.33. The minimum Gasteiger partial charge on any atom is -0.381 e. The Kier molecular flexibility index (Phi) is 6.81. The van der Waals surface area contributed by atoms with E-state index in [-0.39, 0.29) is 19.0 Å². The normalized spacial score (nSPS) is 18.1. The third-order valence-corrected chi connectivity index (χ3v) is 4.60. The topological polar surface area (TPSA) is 99.7 Å². The summed E-state index contributed by atoms with van der Waals surface area (Å²) < 4.78 is 41.4. The maximum absolute atomic E-state index is 14.3. The first-order valence-electron chi connectivity index (χ1n) is 7.63. The molecule has 1 aromatic carbocycles. The van der Waals surface area contributed by atoms with Crippen LogP contribution < -0.4 is 15.4 Å². The second-order valence-electron chi connectivity index (χ2n) is 5.60. The number of hydrogen-bond donors (Lipinski definition) is 4. The second-order valence-corrected chi connectivity index (χ2v) is 6.38. The van der Waals surface area contributed by atoms with E-state index in [2.05, 4.69) is 15.4 Å². The lowest BCUT2D eigenvalue weighted by Gasteiger charge is -2.38. The number of carbonyl (C=O) groups is 1. The van der Waals surface area contributed by atoms with E-state index in [1.165, 1.54) is 6.07 Å². The standard InChI is InChI=1S/C15H22FN3O4S/c1-17-14(20)10-18-15(4-6-23-7-5-15)12-3-2-11(13(16)8-12)9-19-24(21)22/h2-3,8,18-19H,4-7,9-10H2,1H3,(H,17,20)(H,21,22). The molecule has 2 rings (SSSR count). The Bertz CT molecular complexity index is 608. The molecule has 0 spiro atoms. The predicted molar refractivity (Wildman–Crippen MR) is 87.8 cm³/mol. The number of nitrogens with one attached hydrogen (secondary N) is 3. The molecule has 1 aliphatic heterocycles. The number of likely N-dealkylation sites (N-methyl/N-ethyl adjacent to an activating group) is 1. The predicted octanol–water partition coefficient (Wildman–Crippen LogP) is 0.393. The third-order valence-electron chi connectivity index (χ3n) is 4.20. The maximum atomic E-state index is 14.3. The summed E-state index contributed by atoms with van der Waals surface area (Å²) in [4.78, 5) is 11.6. The molecule has 1 amide bonds. The zero-order valence-corrected chi connectivity index (χ0v) is 14.2. The first-order valence-corrected chi connectivity index (χ1v) is 8.74. The Labute approximate surface area is 142 Å². The molecule has 0 aromatic heterocycles. The van der Waals surface area contributed by atoms with Gasteiger partial charge in [-0.05, 0) is 24.5 Å². The molecule has 134 valence electrons. The van der Waals surface area contributed by atoms with Crippen LogP contribution in [0.4, 0.5) is 4.39 Å². The van der Waals surface area contributed by atoms with Gasteiger partial charge < -0.3 is 10.1 Å². The first-order chi connectivity index (χ1) is 11.5. The van der Waals surface area contributed by atoms with E-state index in [0.717, 1.165) is 5.56 Å². The third kappa shape index (κ3) is 4.81. The highest BCUT2D eigenvalue weighted by Gasteiger charge is 2.35. The summed E-state index contributed by atoms with van der Waals surface area (Å²) in [7, 11) is 1.56. The molecule has 24 heavy (non-hydrogen) atoms. The van der Waals surface area contributed by atoms with Gasteiger partial charge in [-0.15, -0.1) is 0 Å². The summed E-state index contributed by atoms with van der Waals surface area (Å²) in [5.41, 5.74) is 0.507. The minimum atomic E-state index is -2.19. The zero-order valence-electron chi connectivity index (χ0n) is 13.4. The molecule has 4 N–H and O–H groups in total. The smallest absolute Gasteiger partial charge is 0.233 e. The van der Waals surface area contributed by atoms with Crippen molar-refractivity contribution in [3.8, 4) is 0 Å². The lowest BCUT2D eigenvalue weighted by Crippen LogP contribution is -2.50. The van der Waals surface area contributed by atoms with E-state index in [9.17, 15) is 13.4 Å². The summed E-state index contributed by atoms with van der Waals surface area (Å²) in [5.74, 6) is -0.606. The number of halogens is 1. The molecule has 1 unspecified atom stereocenters. The van der Waals surface area contributed by atoms with Crippen molar-refractivity contribution in [3.05, 3.63) is 35.1 Å². The summed E-state index contributed by atoms with van der Waals surface area (Å²) in [6, 6.07) is 4.78.